The Labute approximate surface area is 96.9 Å². The summed E-state index contributed by atoms with van der Waals surface area (Å²) in [5.74, 6) is 4.90. The second-order valence-corrected chi connectivity index (χ2v) is 3.26. The molecule has 2 rings (SSSR count). The minimum absolute atomic E-state index is 0.119. The minimum atomic E-state index is -0.519. The average molecular weight is 237 g/mol. The Hall–Kier alpha value is -2.22. The van der Waals surface area contributed by atoms with Gasteiger partial charge in [-0.3, -0.25) is 5.43 Å². The molecule has 0 radical (unpaired) electrons. The number of hydrazine groups is 1. The fraction of sp³-hybridized carbons (Fsp3) is 0.222. The average Bonchev–Trinajstić information content (AvgIpc) is 2.84. The van der Waals surface area contributed by atoms with E-state index in [1.54, 1.807) is 12.5 Å². The summed E-state index contributed by atoms with van der Waals surface area (Å²) >= 11 is 0. The number of imidazole rings is 1. The molecule has 2 heterocycles. The molecular formula is C9H12FN7. The van der Waals surface area contributed by atoms with Gasteiger partial charge in [-0.05, 0) is 0 Å². The third kappa shape index (κ3) is 2.88. The number of nitrogen functional groups attached to an aromatic ring is 1. The van der Waals surface area contributed by atoms with Gasteiger partial charge in [-0.15, -0.1) is 0 Å². The Morgan fingerprint density at radius 1 is 1.47 bits per heavy atom. The monoisotopic (exact) mass is 237 g/mol. The predicted octanol–water partition coefficient (Wildman–Crippen LogP) is 0.210. The molecule has 0 unspecified atom stereocenters. The van der Waals surface area contributed by atoms with Crippen LogP contribution in [0.15, 0.2) is 24.9 Å². The van der Waals surface area contributed by atoms with Crippen molar-refractivity contribution in [3.63, 3.8) is 0 Å². The Morgan fingerprint density at radius 3 is 3.06 bits per heavy atom. The summed E-state index contributed by atoms with van der Waals surface area (Å²) in [6, 6.07) is 0. The van der Waals surface area contributed by atoms with Gasteiger partial charge in [-0.1, -0.05) is 0 Å². The fourth-order valence-corrected chi connectivity index (χ4v) is 1.28. The van der Waals surface area contributed by atoms with Crippen LogP contribution in [0, 0.1) is 5.82 Å². The Kier molecular flexibility index (Phi) is 3.46. The number of nitrogens with two attached hydrogens (primary N) is 1. The van der Waals surface area contributed by atoms with Gasteiger partial charge in [0.2, 0.25) is 5.95 Å². The van der Waals surface area contributed by atoms with Crippen molar-refractivity contribution in [2.45, 2.75) is 6.54 Å². The molecule has 0 saturated carbocycles. The minimum Gasteiger partial charge on any atom is -0.366 e. The van der Waals surface area contributed by atoms with E-state index < -0.39 is 5.82 Å². The molecule has 8 heteroatoms. The van der Waals surface area contributed by atoms with Crippen LogP contribution in [0.5, 0.6) is 0 Å². The largest absolute Gasteiger partial charge is 0.366 e. The first-order valence-corrected chi connectivity index (χ1v) is 4.98. The summed E-state index contributed by atoms with van der Waals surface area (Å²) in [6.07, 6.45) is 6.25. The van der Waals surface area contributed by atoms with E-state index in [4.69, 9.17) is 5.84 Å². The number of anilines is 2. The molecule has 0 amide bonds. The molecule has 0 aliphatic rings. The third-order valence-corrected chi connectivity index (χ3v) is 2.09. The van der Waals surface area contributed by atoms with E-state index in [0.717, 1.165) is 6.20 Å². The van der Waals surface area contributed by atoms with Crippen LogP contribution in [-0.2, 0) is 6.54 Å². The molecule has 0 spiro atoms. The molecule has 7 nitrogen and oxygen atoms in total. The molecule has 0 atom stereocenters. The lowest BCUT2D eigenvalue weighted by Crippen LogP contribution is -2.15. The van der Waals surface area contributed by atoms with Crippen LogP contribution < -0.4 is 16.6 Å². The lowest BCUT2D eigenvalue weighted by molar-refractivity contribution is 0.614. The smallest absolute Gasteiger partial charge is 0.239 e. The van der Waals surface area contributed by atoms with E-state index >= 15 is 0 Å². The maximum Gasteiger partial charge on any atom is 0.239 e. The highest BCUT2D eigenvalue weighted by molar-refractivity contribution is 5.40. The van der Waals surface area contributed by atoms with E-state index in [2.05, 4.69) is 25.7 Å². The molecule has 0 saturated heterocycles. The van der Waals surface area contributed by atoms with Crippen LogP contribution in [0.4, 0.5) is 16.2 Å². The standard InChI is InChI=1S/C9H12FN7/c10-7-5-14-9(16-11)15-8(7)13-2-4-17-3-1-12-6-17/h1,3,5-6H,2,4,11H2,(H2,13,14,15,16). The van der Waals surface area contributed by atoms with Crippen molar-refractivity contribution in [1.82, 2.24) is 19.5 Å². The normalized spacial score (nSPS) is 10.2. The van der Waals surface area contributed by atoms with Crippen LogP contribution in [0.25, 0.3) is 0 Å². The second-order valence-electron chi connectivity index (χ2n) is 3.26. The molecule has 2 aromatic heterocycles. The molecule has 0 bridgehead atoms. The van der Waals surface area contributed by atoms with Gasteiger partial charge < -0.3 is 9.88 Å². The number of halogens is 1. The van der Waals surface area contributed by atoms with Gasteiger partial charge in [0.15, 0.2) is 11.6 Å². The maximum absolute atomic E-state index is 13.3. The molecule has 0 aliphatic carbocycles. The van der Waals surface area contributed by atoms with Crippen LogP contribution in [0.1, 0.15) is 0 Å². The van der Waals surface area contributed by atoms with E-state index in [9.17, 15) is 4.39 Å². The van der Waals surface area contributed by atoms with Crippen LogP contribution in [-0.4, -0.2) is 26.1 Å². The lowest BCUT2D eigenvalue weighted by Gasteiger charge is -2.07. The summed E-state index contributed by atoms with van der Waals surface area (Å²) in [5, 5.41) is 2.86. The summed E-state index contributed by atoms with van der Waals surface area (Å²) in [7, 11) is 0. The van der Waals surface area contributed by atoms with Gasteiger partial charge in [0.25, 0.3) is 0 Å². The van der Waals surface area contributed by atoms with Gasteiger partial charge in [0.1, 0.15) is 0 Å². The third-order valence-electron chi connectivity index (χ3n) is 2.09. The quantitative estimate of drug-likeness (QED) is 0.508. The van der Waals surface area contributed by atoms with Crippen LogP contribution >= 0.6 is 0 Å². The highest BCUT2D eigenvalue weighted by Crippen LogP contribution is 2.10. The van der Waals surface area contributed by atoms with Crippen LogP contribution in [0.3, 0.4) is 0 Å². The summed E-state index contributed by atoms with van der Waals surface area (Å²) in [5.41, 5.74) is 2.25. The predicted molar refractivity (Wildman–Crippen MR) is 60.5 cm³/mol. The van der Waals surface area contributed by atoms with Gasteiger partial charge in [-0.2, -0.15) is 4.98 Å². The molecule has 90 valence electrons. The highest BCUT2D eigenvalue weighted by Gasteiger charge is 2.05. The first-order valence-electron chi connectivity index (χ1n) is 4.98. The lowest BCUT2D eigenvalue weighted by atomic mass is 10.5. The van der Waals surface area contributed by atoms with Crippen LogP contribution in [0.2, 0.25) is 0 Å². The molecule has 0 fully saturated rings. The van der Waals surface area contributed by atoms with Crippen molar-refractivity contribution in [2.75, 3.05) is 17.3 Å². The van der Waals surface area contributed by atoms with Crippen molar-refractivity contribution in [3.8, 4) is 0 Å². The van der Waals surface area contributed by atoms with Crippen molar-refractivity contribution in [3.05, 3.63) is 30.7 Å². The highest BCUT2D eigenvalue weighted by atomic mass is 19.1. The Morgan fingerprint density at radius 2 is 2.35 bits per heavy atom. The molecule has 0 aliphatic heterocycles. The zero-order chi connectivity index (χ0) is 12.1. The summed E-state index contributed by atoms with van der Waals surface area (Å²) in [6.45, 7) is 1.18. The zero-order valence-corrected chi connectivity index (χ0v) is 8.97. The van der Waals surface area contributed by atoms with Crippen molar-refractivity contribution < 1.29 is 4.39 Å². The molecule has 4 N–H and O–H groups in total. The molecular weight excluding hydrogens is 225 g/mol. The van der Waals surface area contributed by atoms with Crippen molar-refractivity contribution in [2.24, 2.45) is 5.84 Å². The number of rotatable bonds is 5. The maximum atomic E-state index is 13.3. The summed E-state index contributed by atoms with van der Waals surface area (Å²) < 4.78 is 15.2. The first-order chi connectivity index (χ1) is 8.29. The number of aromatic nitrogens is 4. The van der Waals surface area contributed by atoms with Crippen molar-refractivity contribution >= 4 is 11.8 Å². The molecule has 0 aromatic carbocycles. The topological polar surface area (TPSA) is 93.7 Å². The van der Waals surface area contributed by atoms with Gasteiger partial charge in [0.05, 0.1) is 12.5 Å². The number of hydrogen-bond acceptors (Lipinski definition) is 6. The van der Waals surface area contributed by atoms with E-state index in [1.807, 2.05) is 10.8 Å². The SMILES string of the molecule is NNc1ncc(F)c(NCCn2ccnc2)n1. The first kappa shape index (κ1) is 11.3. The number of nitrogens with zero attached hydrogens (tertiary/aromatic N) is 4. The Balaban J connectivity index is 1.94. The van der Waals surface area contributed by atoms with E-state index in [0.29, 0.717) is 13.1 Å². The second kappa shape index (κ2) is 5.21. The number of nitrogens with one attached hydrogen (secondary N) is 2. The van der Waals surface area contributed by atoms with E-state index in [1.165, 1.54) is 0 Å². The van der Waals surface area contributed by atoms with Gasteiger partial charge in [-0.25, -0.2) is 20.2 Å². The Bertz CT molecular complexity index is 470. The fourth-order valence-electron chi connectivity index (χ4n) is 1.28. The zero-order valence-electron chi connectivity index (χ0n) is 8.97. The van der Waals surface area contributed by atoms with Gasteiger partial charge >= 0.3 is 0 Å². The van der Waals surface area contributed by atoms with Gasteiger partial charge in [0, 0.05) is 25.5 Å². The van der Waals surface area contributed by atoms with Crippen molar-refractivity contribution in [1.29, 1.82) is 0 Å². The number of hydrogen-bond donors (Lipinski definition) is 3. The molecule has 2 aromatic rings. The summed E-state index contributed by atoms with van der Waals surface area (Å²) in [4.78, 5) is 11.4. The van der Waals surface area contributed by atoms with E-state index in [-0.39, 0.29) is 11.8 Å². The molecule has 17 heavy (non-hydrogen) atoms.